The first-order chi connectivity index (χ1) is 13.3. The molecule has 27 heavy (non-hydrogen) atoms. The summed E-state index contributed by atoms with van der Waals surface area (Å²) in [5, 5.41) is 9.60. The minimum Gasteiger partial charge on any atom is -0.355 e. The smallest absolute Gasteiger partial charge is 0.191 e. The third kappa shape index (κ3) is 4.55. The molecule has 7 heteroatoms. The molecule has 0 saturated carbocycles. The predicted molar refractivity (Wildman–Crippen MR) is 102 cm³/mol. The minimum absolute atomic E-state index is 0.153. The lowest BCUT2D eigenvalue weighted by molar-refractivity contribution is -0.130. The van der Waals surface area contributed by atoms with Gasteiger partial charge in [0, 0.05) is 11.3 Å². The molecule has 3 aromatic rings. The number of hydrogen-bond acceptors (Lipinski definition) is 5. The van der Waals surface area contributed by atoms with E-state index in [2.05, 4.69) is 26.9 Å². The van der Waals surface area contributed by atoms with Crippen LogP contribution >= 0.6 is 11.8 Å². The third-order valence-corrected chi connectivity index (χ3v) is 5.47. The highest BCUT2D eigenvalue weighted by atomic mass is 32.2. The van der Waals surface area contributed by atoms with Gasteiger partial charge in [0.2, 0.25) is 0 Å². The van der Waals surface area contributed by atoms with Gasteiger partial charge in [-0.25, -0.2) is 4.39 Å². The van der Waals surface area contributed by atoms with Crippen LogP contribution in [-0.2, 0) is 16.0 Å². The van der Waals surface area contributed by atoms with Gasteiger partial charge in [-0.2, -0.15) is 0 Å². The first-order valence-corrected chi connectivity index (χ1v) is 9.83. The van der Waals surface area contributed by atoms with Gasteiger partial charge in [0.15, 0.2) is 11.0 Å². The molecule has 1 saturated heterocycles. The molecule has 2 aromatic carbocycles. The molecule has 1 aromatic heterocycles. The molecule has 0 amide bonds. The van der Waals surface area contributed by atoms with Crippen LogP contribution in [0.5, 0.6) is 0 Å². The summed E-state index contributed by atoms with van der Waals surface area (Å²) in [5.41, 5.74) is 2.00. The normalized spacial score (nSPS) is 17.1. The number of halogens is 1. The molecule has 0 unspecified atom stereocenters. The van der Waals surface area contributed by atoms with Gasteiger partial charge in [0.1, 0.15) is 12.6 Å². The fourth-order valence-electron chi connectivity index (χ4n) is 2.92. The Morgan fingerprint density at radius 1 is 1.07 bits per heavy atom. The molecule has 2 heterocycles. The predicted octanol–water partition coefficient (Wildman–Crippen LogP) is 3.99. The summed E-state index contributed by atoms with van der Waals surface area (Å²) >= 11 is 1.63. The number of hydrogen-bond donors (Lipinski definition) is 0. The van der Waals surface area contributed by atoms with Gasteiger partial charge in [0.05, 0.1) is 19.3 Å². The van der Waals surface area contributed by atoms with Gasteiger partial charge < -0.3 is 9.47 Å². The molecule has 0 spiro atoms. The summed E-state index contributed by atoms with van der Waals surface area (Å²) in [6.07, 6.45) is 1.03. The maximum absolute atomic E-state index is 13.3. The zero-order chi connectivity index (χ0) is 18.5. The number of ether oxygens (including phenoxy) is 2. The van der Waals surface area contributed by atoms with E-state index >= 15 is 0 Å². The second-order valence-electron chi connectivity index (χ2n) is 6.30. The summed E-state index contributed by atoms with van der Waals surface area (Å²) in [7, 11) is 0. The van der Waals surface area contributed by atoms with Crippen molar-refractivity contribution in [1.29, 1.82) is 0 Å². The summed E-state index contributed by atoms with van der Waals surface area (Å²) in [6, 6.07) is 16.5. The lowest BCUT2D eigenvalue weighted by Gasteiger charge is -2.22. The van der Waals surface area contributed by atoms with Gasteiger partial charge in [0.25, 0.3) is 0 Å². The molecule has 1 aliphatic rings. The fraction of sp³-hybridized carbons (Fsp3) is 0.300. The van der Waals surface area contributed by atoms with Crippen molar-refractivity contribution in [2.24, 2.45) is 0 Å². The molecule has 0 aliphatic carbocycles. The highest BCUT2D eigenvalue weighted by Gasteiger charge is 2.19. The Morgan fingerprint density at radius 3 is 2.63 bits per heavy atom. The van der Waals surface area contributed by atoms with E-state index in [9.17, 15) is 4.39 Å². The van der Waals surface area contributed by atoms with E-state index in [0.717, 1.165) is 40.9 Å². The van der Waals surface area contributed by atoms with Crippen LogP contribution in [0.3, 0.4) is 0 Å². The quantitative estimate of drug-likeness (QED) is 0.601. The van der Waals surface area contributed by atoms with Crippen molar-refractivity contribution in [3.63, 3.8) is 0 Å². The van der Waals surface area contributed by atoms with Crippen LogP contribution in [0, 0.1) is 5.82 Å². The SMILES string of the molecule is Fc1ccc(-c2nnc(SC[C@H]3CCOCO3)n2Cc2ccccc2)cc1. The Labute approximate surface area is 161 Å². The second-order valence-corrected chi connectivity index (χ2v) is 7.29. The van der Waals surface area contributed by atoms with Crippen molar-refractivity contribution >= 4 is 11.8 Å². The summed E-state index contributed by atoms with van der Waals surface area (Å²) in [6.45, 7) is 1.73. The van der Waals surface area contributed by atoms with E-state index < -0.39 is 0 Å². The maximum Gasteiger partial charge on any atom is 0.191 e. The third-order valence-electron chi connectivity index (χ3n) is 4.37. The molecule has 0 bridgehead atoms. The molecule has 0 N–H and O–H groups in total. The van der Waals surface area contributed by atoms with E-state index in [1.165, 1.54) is 12.1 Å². The van der Waals surface area contributed by atoms with Crippen molar-refractivity contribution in [2.75, 3.05) is 19.2 Å². The molecule has 0 radical (unpaired) electrons. The number of rotatable bonds is 6. The Morgan fingerprint density at radius 2 is 1.89 bits per heavy atom. The largest absolute Gasteiger partial charge is 0.355 e. The van der Waals surface area contributed by atoms with Gasteiger partial charge >= 0.3 is 0 Å². The maximum atomic E-state index is 13.3. The molecular formula is C20H20FN3O2S. The van der Waals surface area contributed by atoms with Gasteiger partial charge in [-0.15, -0.1) is 10.2 Å². The Balaban J connectivity index is 1.60. The Bertz CT molecular complexity index is 865. The number of nitrogens with zero attached hydrogens (tertiary/aromatic N) is 3. The highest BCUT2D eigenvalue weighted by Crippen LogP contribution is 2.27. The molecule has 1 aliphatic heterocycles. The molecule has 1 atom stereocenters. The first-order valence-electron chi connectivity index (χ1n) is 8.85. The average Bonchev–Trinajstić information content (AvgIpc) is 3.11. The standard InChI is InChI=1S/C20H20FN3O2S/c21-17-8-6-16(7-9-17)19-22-23-20(27-13-18-10-11-25-14-26-18)24(19)12-15-4-2-1-3-5-15/h1-9,18H,10-14H2/t18-/m1/s1. The summed E-state index contributed by atoms with van der Waals surface area (Å²) in [4.78, 5) is 0. The fourth-order valence-corrected chi connectivity index (χ4v) is 3.92. The van der Waals surface area contributed by atoms with Crippen LogP contribution < -0.4 is 0 Å². The minimum atomic E-state index is -0.265. The van der Waals surface area contributed by atoms with E-state index in [1.54, 1.807) is 23.9 Å². The van der Waals surface area contributed by atoms with E-state index in [0.29, 0.717) is 13.3 Å². The van der Waals surface area contributed by atoms with Crippen molar-refractivity contribution in [1.82, 2.24) is 14.8 Å². The molecule has 4 rings (SSSR count). The monoisotopic (exact) mass is 385 g/mol. The van der Waals surface area contributed by atoms with Crippen LogP contribution in [0.2, 0.25) is 0 Å². The highest BCUT2D eigenvalue weighted by molar-refractivity contribution is 7.99. The van der Waals surface area contributed by atoms with E-state index in [4.69, 9.17) is 9.47 Å². The topological polar surface area (TPSA) is 49.2 Å². The number of thioether (sulfide) groups is 1. The summed E-state index contributed by atoms with van der Waals surface area (Å²) in [5.74, 6) is 1.26. The second kappa shape index (κ2) is 8.65. The van der Waals surface area contributed by atoms with Gasteiger partial charge in [-0.1, -0.05) is 42.1 Å². The van der Waals surface area contributed by atoms with E-state index in [1.807, 2.05) is 18.2 Å². The zero-order valence-electron chi connectivity index (χ0n) is 14.8. The van der Waals surface area contributed by atoms with Crippen LogP contribution in [-0.4, -0.2) is 40.0 Å². The van der Waals surface area contributed by atoms with Crippen LogP contribution in [0.1, 0.15) is 12.0 Å². The molecule has 1 fully saturated rings. The Kier molecular flexibility index (Phi) is 5.81. The van der Waals surface area contributed by atoms with Crippen molar-refractivity contribution in [3.8, 4) is 11.4 Å². The van der Waals surface area contributed by atoms with Crippen molar-refractivity contribution in [3.05, 3.63) is 66.0 Å². The number of benzene rings is 2. The average molecular weight is 385 g/mol. The van der Waals surface area contributed by atoms with Gasteiger partial charge in [-0.05, 0) is 36.2 Å². The lowest BCUT2D eigenvalue weighted by atomic mass is 10.2. The Hall–Kier alpha value is -2.22. The van der Waals surface area contributed by atoms with Crippen molar-refractivity contribution < 1.29 is 13.9 Å². The lowest BCUT2D eigenvalue weighted by Crippen LogP contribution is -2.25. The van der Waals surface area contributed by atoms with Gasteiger partial charge in [-0.3, -0.25) is 4.57 Å². The molecule has 5 nitrogen and oxygen atoms in total. The molecular weight excluding hydrogens is 365 g/mol. The zero-order valence-corrected chi connectivity index (χ0v) is 15.6. The molecule has 140 valence electrons. The van der Waals surface area contributed by atoms with E-state index in [-0.39, 0.29) is 11.9 Å². The number of aromatic nitrogens is 3. The van der Waals surface area contributed by atoms with Crippen LogP contribution in [0.4, 0.5) is 4.39 Å². The van der Waals surface area contributed by atoms with Crippen molar-refractivity contribution in [2.45, 2.75) is 24.2 Å². The van der Waals surface area contributed by atoms with Crippen LogP contribution in [0.15, 0.2) is 59.8 Å². The summed E-state index contributed by atoms with van der Waals surface area (Å²) < 4.78 is 26.2. The van der Waals surface area contributed by atoms with Crippen LogP contribution in [0.25, 0.3) is 11.4 Å². The first kappa shape index (κ1) is 18.2.